The summed E-state index contributed by atoms with van der Waals surface area (Å²) in [5.41, 5.74) is 0.165. The molecule has 0 saturated carbocycles. The Balaban J connectivity index is 1.69. The molecule has 2 amide bonds. The van der Waals surface area contributed by atoms with Crippen LogP contribution in [-0.4, -0.2) is 61.5 Å². The minimum absolute atomic E-state index is 0.0368. The zero-order valence-electron chi connectivity index (χ0n) is 14.9. The van der Waals surface area contributed by atoms with Crippen LogP contribution in [0.1, 0.15) is 17.2 Å². The predicted molar refractivity (Wildman–Crippen MR) is 98.6 cm³/mol. The van der Waals surface area contributed by atoms with Gasteiger partial charge in [0.15, 0.2) is 11.8 Å². The highest BCUT2D eigenvalue weighted by molar-refractivity contribution is 6.45. The molecule has 0 aromatic heterocycles. The molecule has 0 unspecified atom stereocenters. The van der Waals surface area contributed by atoms with Crippen molar-refractivity contribution in [2.75, 3.05) is 6.54 Å². The molecule has 10 heteroatoms. The molecule has 3 rings (SSSR count). The molecule has 1 aliphatic rings. The van der Waals surface area contributed by atoms with Crippen molar-refractivity contribution in [1.82, 2.24) is 10.2 Å². The van der Waals surface area contributed by atoms with Gasteiger partial charge in [0, 0.05) is 5.56 Å². The second kappa shape index (κ2) is 7.89. The number of benzene rings is 2. The molecule has 1 heterocycles. The number of rotatable bonds is 6. The number of hydrogen-bond acceptors (Lipinski definition) is 7. The molecule has 0 bridgehead atoms. The number of carbonyl (C=O) groups is 3. The number of nitrogens with one attached hydrogen (secondary N) is 1. The van der Waals surface area contributed by atoms with Crippen molar-refractivity contribution in [3.63, 3.8) is 0 Å². The molecule has 0 spiro atoms. The van der Waals surface area contributed by atoms with Gasteiger partial charge in [-0.05, 0) is 42.0 Å². The minimum Gasteiger partial charge on any atom is -0.508 e. The molecule has 5 N–H and O–H groups in total. The fourth-order valence-corrected chi connectivity index (χ4v) is 2.99. The number of carboxylic acid groups (broad SMARTS) is 1. The van der Waals surface area contributed by atoms with Crippen LogP contribution >= 0.6 is 0 Å². The second-order valence-electron chi connectivity index (χ2n) is 6.34. The average Bonchev–Trinajstić information content (AvgIpc) is 2.69. The van der Waals surface area contributed by atoms with Gasteiger partial charge in [0.2, 0.25) is 5.91 Å². The maximum Gasteiger partial charge on any atom is 0.331 e. The highest BCUT2D eigenvalue weighted by Crippen LogP contribution is 2.28. The molecular formula is C19H17N3O7. The zero-order chi connectivity index (χ0) is 21.1. The van der Waals surface area contributed by atoms with Crippen LogP contribution in [0.4, 0.5) is 0 Å². The Morgan fingerprint density at radius 1 is 1.03 bits per heavy atom. The molecule has 2 aromatic carbocycles. The first kappa shape index (κ1) is 19.7. The van der Waals surface area contributed by atoms with Gasteiger partial charge in [-0.2, -0.15) is 0 Å². The largest absolute Gasteiger partial charge is 0.508 e. The summed E-state index contributed by atoms with van der Waals surface area (Å²) in [4.78, 5) is 37.5. The Morgan fingerprint density at radius 3 is 2.07 bits per heavy atom. The van der Waals surface area contributed by atoms with Gasteiger partial charge in [0.1, 0.15) is 17.5 Å². The molecular weight excluding hydrogens is 382 g/mol. The van der Waals surface area contributed by atoms with Gasteiger partial charge in [-0.25, -0.2) is 4.79 Å². The molecule has 0 aliphatic carbocycles. The maximum absolute atomic E-state index is 12.4. The zero-order valence-corrected chi connectivity index (χ0v) is 14.9. The normalized spacial score (nSPS) is 17.4. The lowest BCUT2D eigenvalue weighted by atomic mass is 9.97. The molecule has 1 aliphatic heterocycles. The van der Waals surface area contributed by atoms with Crippen molar-refractivity contribution in [2.45, 2.75) is 12.1 Å². The maximum atomic E-state index is 12.4. The van der Waals surface area contributed by atoms with E-state index in [0.717, 1.165) is 4.90 Å². The topological polar surface area (TPSA) is 160 Å². The van der Waals surface area contributed by atoms with Crippen molar-refractivity contribution >= 4 is 23.5 Å². The summed E-state index contributed by atoms with van der Waals surface area (Å²) in [6.45, 7) is -0.0588. The molecule has 150 valence electrons. The summed E-state index contributed by atoms with van der Waals surface area (Å²) in [7, 11) is 0. The smallest absolute Gasteiger partial charge is 0.331 e. The Labute approximate surface area is 164 Å². The van der Waals surface area contributed by atoms with Crippen LogP contribution in [0.2, 0.25) is 0 Å². The number of oxime groups is 1. The van der Waals surface area contributed by atoms with E-state index >= 15 is 0 Å². The highest BCUT2D eigenvalue weighted by Gasteiger charge is 2.45. The summed E-state index contributed by atoms with van der Waals surface area (Å²) in [5, 5.41) is 42.6. The number of phenolic OH excluding ortho intramolecular Hbond substituents is 2. The van der Waals surface area contributed by atoms with Crippen molar-refractivity contribution in [3.05, 3.63) is 59.7 Å². The van der Waals surface area contributed by atoms with Crippen LogP contribution in [0, 0.1) is 0 Å². The van der Waals surface area contributed by atoms with Gasteiger partial charge < -0.3 is 30.7 Å². The lowest BCUT2D eigenvalue weighted by Crippen LogP contribution is -2.66. The van der Waals surface area contributed by atoms with E-state index in [2.05, 4.69) is 10.5 Å². The Bertz CT molecular complexity index is 970. The van der Waals surface area contributed by atoms with Gasteiger partial charge in [-0.1, -0.05) is 17.3 Å². The Morgan fingerprint density at radius 2 is 1.59 bits per heavy atom. The van der Waals surface area contributed by atoms with E-state index in [1.54, 1.807) is 0 Å². The fourth-order valence-electron chi connectivity index (χ4n) is 2.99. The van der Waals surface area contributed by atoms with E-state index in [0.29, 0.717) is 5.56 Å². The number of aliphatic carboxylic acids is 1. The summed E-state index contributed by atoms with van der Waals surface area (Å²) < 4.78 is 0. The van der Waals surface area contributed by atoms with Crippen molar-refractivity contribution in [3.8, 4) is 11.5 Å². The average molecular weight is 399 g/mol. The predicted octanol–water partition coefficient (Wildman–Crippen LogP) is 0.429. The van der Waals surface area contributed by atoms with Crippen molar-refractivity contribution in [2.24, 2.45) is 5.16 Å². The first-order valence-electron chi connectivity index (χ1n) is 8.46. The van der Waals surface area contributed by atoms with E-state index < -0.39 is 29.9 Å². The van der Waals surface area contributed by atoms with Gasteiger partial charge in [0.25, 0.3) is 5.91 Å². The number of nitrogens with zero attached hydrogens (tertiary/aromatic N) is 2. The first-order valence-corrected chi connectivity index (χ1v) is 8.46. The molecule has 1 fully saturated rings. The number of likely N-dealkylation sites (tertiary alicyclic amines) is 1. The van der Waals surface area contributed by atoms with E-state index in [9.17, 15) is 29.7 Å². The number of β-lactam (4-membered cyclic amide) rings is 1. The van der Waals surface area contributed by atoms with Crippen LogP contribution in [0.15, 0.2) is 53.7 Å². The summed E-state index contributed by atoms with van der Waals surface area (Å²) in [6.07, 6.45) is 0. The molecule has 29 heavy (non-hydrogen) atoms. The number of amides is 2. The molecule has 2 atom stereocenters. The third-order valence-electron chi connectivity index (χ3n) is 4.48. The van der Waals surface area contributed by atoms with Crippen molar-refractivity contribution in [1.29, 1.82) is 0 Å². The van der Waals surface area contributed by atoms with Crippen LogP contribution in [0.5, 0.6) is 11.5 Å². The third kappa shape index (κ3) is 3.95. The summed E-state index contributed by atoms with van der Waals surface area (Å²) in [6, 6.07) is 8.53. The SMILES string of the molecule is O=C(N[C@H]1CN([C@@H](C(=O)O)c2ccc(O)cc2)C1=O)/C(=N\O)c1ccc(O)cc1. The van der Waals surface area contributed by atoms with Gasteiger partial charge >= 0.3 is 5.97 Å². The van der Waals surface area contributed by atoms with Gasteiger partial charge in [-0.15, -0.1) is 0 Å². The number of hydrogen-bond donors (Lipinski definition) is 5. The molecule has 10 nitrogen and oxygen atoms in total. The van der Waals surface area contributed by atoms with Crippen LogP contribution in [0.25, 0.3) is 0 Å². The van der Waals surface area contributed by atoms with Crippen molar-refractivity contribution < 1.29 is 34.9 Å². The molecule has 1 saturated heterocycles. The first-order chi connectivity index (χ1) is 13.8. The quantitative estimate of drug-likeness (QED) is 0.204. The van der Waals surface area contributed by atoms with Gasteiger partial charge in [0.05, 0.1) is 6.54 Å². The van der Waals surface area contributed by atoms with E-state index in [-0.39, 0.29) is 29.3 Å². The van der Waals surface area contributed by atoms with Crippen LogP contribution in [-0.2, 0) is 14.4 Å². The standard InChI is InChI=1S/C19H17N3O7/c23-12-5-1-10(2-6-12)15(21-29)17(25)20-14-9-22(18(14)26)16(19(27)28)11-3-7-13(24)8-4-11/h1-8,14,16,23-24,29H,9H2,(H,20,25)(H,27,28)/b21-15-/t14-,16+/m0/s1. The lowest BCUT2D eigenvalue weighted by Gasteiger charge is -2.42. The van der Waals surface area contributed by atoms with Gasteiger partial charge in [-0.3, -0.25) is 9.59 Å². The Kier molecular flexibility index (Phi) is 5.35. The summed E-state index contributed by atoms with van der Waals surface area (Å²) in [5.74, 6) is -2.77. The van der Waals surface area contributed by atoms with E-state index in [4.69, 9.17) is 5.21 Å². The number of aromatic hydroxyl groups is 2. The third-order valence-corrected chi connectivity index (χ3v) is 4.48. The second-order valence-corrected chi connectivity index (χ2v) is 6.34. The van der Waals surface area contributed by atoms with Crippen LogP contribution < -0.4 is 5.32 Å². The van der Waals surface area contributed by atoms with Crippen LogP contribution in [0.3, 0.4) is 0 Å². The minimum atomic E-state index is -1.26. The Hall–Kier alpha value is -4.08. The lowest BCUT2D eigenvalue weighted by molar-refractivity contribution is -0.160. The monoisotopic (exact) mass is 399 g/mol. The van der Waals surface area contributed by atoms with E-state index in [1.165, 1.54) is 48.5 Å². The molecule has 2 aromatic rings. The van der Waals surface area contributed by atoms with E-state index in [1.807, 2.05) is 0 Å². The number of phenols is 2. The number of carboxylic acids is 1. The highest BCUT2D eigenvalue weighted by atomic mass is 16.4. The fraction of sp³-hybridized carbons (Fsp3) is 0.158. The molecule has 0 radical (unpaired) electrons. The number of carbonyl (C=O) groups excluding carboxylic acids is 2. The summed E-state index contributed by atoms with van der Waals surface area (Å²) >= 11 is 0.